The van der Waals surface area contributed by atoms with Gasteiger partial charge in [0.2, 0.25) is 0 Å². The largest absolute Gasteiger partial charge is 0.399 e. The van der Waals surface area contributed by atoms with Crippen LogP contribution in [0.1, 0.15) is 71.1 Å². The monoisotopic (exact) mass is 363 g/mol. The Labute approximate surface area is 163 Å². The Bertz CT molecular complexity index is 337. The Morgan fingerprint density at radius 3 is 1.83 bits per heavy atom. The van der Waals surface area contributed by atoms with E-state index in [1.165, 1.54) is 44.9 Å². The summed E-state index contributed by atoms with van der Waals surface area (Å²) in [6, 6.07) is 0. The molecule has 1 atom stereocenters. The Hall–Kier alpha value is 0.790. The zero-order chi connectivity index (χ0) is 16.7. The van der Waals surface area contributed by atoms with Gasteiger partial charge in [-0.15, -0.1) is 0 Å². The van der Waals surface area contributed by atoms with Crippen molar-refractivity contribution in [3.8, 4) is 0 Å². The van der Waals surface area contributed by atoms with E-state index in [1.54, 1.807) is 0 Å². The molecule has 0 aromatic heterocycles. The van der Waals surface area contributed by atoms with E-state index in [4.69, 9.17) is 10.2 Å². The minimum Gasteiger partial charge on any atom is -0.394 e. The van der Waals surface area contributed by atoms with Crippen LogP contribution in [0, 0.1) is 0 Å². The van der Waals surface area contributed by atoms with Crippen molar-refractivity contribution >= 4 is 40.0 Å². The van der Waals surface area contributed by atoms with Gasteiger partial charge >= 0.3 is 10.4 Å². The second-order valence-corrected chi connectivity index (χ2v) is 6.82. The third kappa shape index (κ3) is 19.0. The van der Waals surface area contributed by atoms with Crippen LogP contribution >= 0.6 is 0 Å². The Balaban J connectivity index is 0. The van der Waals surface area contributed by atoms with E-state index in [2.05, 4.69) is 15.3 Å². The minimum atomic E-state index is -4.07. The standard InChI is InChI=1S/C15H32O6S.Na/c1-2-3-4-5-6-7-8-9-10-11-12-20-22(18,19)21-14-15(17)13-16;/h15-17H,2-14H2,1H3;. The molecule has 0 aliphatic heterocycles. The van der Waals surface area contributed by atoms with Crippen LogP contribution in [0.4, 0.5) is 0 Å². The molecule has 135 valence electrons. The minimum absolute atomic E-state index is 0. The van der Waals surface area contributed by atoms with Crippen LogP contribution in [0.2, 0.25) is 0 Å². The van der Waals surface area contributed by atoms with Gasteiger partial charge in [0.1, 0.15) is 6.10 Å². The molecule has 6 nitrogen and oxygen atoms in total. The molecule has 1 radical (unpaired) electrons. The van der Waals surface area contributed by atoms with Crippen molar-refractivity contribution < 1.29 is 27.0 Å². The van der Waals surface area contributed by atoms with Crippen molar-refractivity contribution in [1.82, 2.24) is 0 Å². The summed E-state index contributed by atoms with van der Waals surface area (Å²) in [6.45, 7) is 1.26. The summed E-state index contributed by atoms with van der Waals surface area (Å²) >= 11 is 0. The fraction of sp³-hybridized carbons (Fsp3) is 1.00. The Morgan fingerprint density at radius 1 is 0.870 bits per heavy atom. The Morgan fingerprint density at radius 2 is 1.35 bits per heavy atom. The van der Waals surface area contributed by atoms with Gasteiger partial charge in [-0.1, -0.05) is 64.7 Å². The zero-order valence-electron chi connectivity index (χ0n) is 14.7. The van der Waals surface area contributed by atoms with Crippen LogP contribution in [0.15, 0.2) is 0 Å². The third-order valence-corrected chi connectivity index (χ3v) is 4.22. The smallest absolute Gasteiger partial charge is 0.394 e. The second kappa shape index (κ2) is 17.6. The zero-order valence-corrected chi connectivity index (χ0v) is 17.5. The van der Waals surface area contributed by atoms with E-state index < -0.39 is 29.7 Å². The molecular weight excluding hydrogens is 331 g/mol. The van der Waals surface area contributed by atoms with Gasteiger partial charge in [-0.05, 0) is 6.42 Å². The van der Waals surface area contributed by atoms with Crippen LogP contribution in [0.5, 0.6) is 0 Å². The van der Waals surface area contributed by atoms with Crippen LogP contribution in [0.25, 0.3) is 0 Å². The maximum absolute atomic E-state index is 11.3. The molecule has 0 aromatic carbocycles. The number of unbranched alkanes of at least 4 members (excludes halogenated alkanes) is 9. The van der Waals surface area contributed by atoms with E-state index in [9.17, 15) is 8.42 Å². The van der Waals surface area contributed by atoms with Crippen LogP contribution in [-0.4, -0.2) is 74.1 Å². The van der Waals surface area contributed by atoms with Gasteiger partial charge in [0.15, 0.2) is 0 Å². The quantitative estimate of drug-likeness (QED) is 0.322. The second-order valence-electron chi connectivity index (χ2n) is 5.53. The van der Waals surface area contributed by atoms with Crippen molar-refractivity contribution in [3.63, 3.8) is 0 Å². The van der Waals surface area contributed by atoms with Crippen LogP contribution < -0.4 is 0 Å². The van der Waals surface area contributed by atoms with Crippen molar-refractivity contribution in [2.75, 3.05) is 19.8 Å². The molecule has 23 heavy (non-hydrogen) atoms. The molecule has 0 aliphatic rings. The summed E-state index contributed by atoms with van der Waals surface area (Å²) in [4.78, 5) is 0. The number of hydrogen-bond acceptors (Lipinski definition) is 6. The molecule has 0 amide bonds. The average Bonchev–Trinajstić information content (AvgIpc) is 2.50. The van der Waals surface area contributed by atoms with Gasteiger partial charge in [0.25, 0.3) is 0 Å². The first-order valence-corrected chi connectivity index (χ1v) is 9.68. The maximum atomic E-state index is 11.3. The van der Waals surface area contributed by atoms with Crippen LogP contribution in [0.3, 0.4) is 0 Å². The summed E-state index contributed by atoms with van der Waals surface area (Å²) in [7, 11) is -4.07. The predicted octanol–water partition coefficient (Wildman–Crippen LogP) is 2.16. The molecule has 0 spiro atoms. The van der Waals surface area contributed by atoms with E-state index in [0.29, 0.717) is 6.42 Å². The van der Waals surface area contributed by atoms with Crippen LogP contribution in [-0.2, 0) is 18.8 Å². The molecule has 2 N–H and O–H groups in total. The molecule has 0 aliphatic carbocycles. The predicted molar refractivity (Wildman–Crippen MR) is 91.5 cm³/mol. The molecule has 0 bridgehead atoms. The molecular formula is C15H32NaO6S. The first kappa shape index (κ1) is 26.0. The Kier molecular flexibility index (Phi) is 19.9. The molecule has 0 aromatic rings. The fourth-order valence-electron chi connectivity index (χ4n) is 2.00. The third-order valence-electron chi connectivity index (χ3n) is 3.34. The maximum Gasteiger partial charge on any atom is 0.399 e. The van der Waals surface area contributed by atoms with Gasteiger partial charge in [0.05, 0.1) is 19.8 Å². The average molecular weight is 363 g/mol. The SMILES string of the molecule is CCCCCCCCCCCCOS(=O)(=O)OCC(O)CO.[Na]. The molecule has 1 unspecified atom stereocenters. The molecule has 0 saturated heterocycles. The summed E-state index contributed by atoms with van der Waals surface area (Å²) < 4.78 is 31.6. The first-order chi connectivity index (χ1) is 10.5. The van der Waals surface area contributed by atoms with E-state index in [0.717, 1.165) is 12.8 Å². The van der Waals surface area contributed by atoms with Crippen molar-refractivity contribution in [1.29, 1.82) is 0 Å². The van der Waals surface area contributed by atoms with Gasteiger partial charge in [-0.25, -0.2) is 8.37 Å². The van der Waals surface area contributed by atoms with E-state index in [1.807, 2.05) is 0 Å². The molecule has 0 heterocycles. The normalized spacial score (nSPS) is 12.8. The molecule has 8 heteroatoms. The number of hydrogen-bond donors (Lipinski definition) is 2. The van der Waals surface area contributed by atoms with Crippen molar-refractivity contribution in [2.24, 2.45) is 0 Å². The topological polar surface area (TPSA) is 93.1 Å². The van der Waals surface area contributed by atoms with Gasteiger partial charge in [-0.3, -0.25) is 0 Å². The van der Waals surface area contributed by atoms with Gasteiger partial charge in [-0.2, -0.15) is 8.42 Å². The summed E-state index contributed by atoms with van der Waals surface area (Å²) in [5.74, 6) is 0. The fourth-order valence-corrected chi connectivity index (χ4v) is 2.71. The van der Waals surface area contributed by atoms with Crippen molar-refractivity contribution in [3.05, 3.63) is 0 Å². The number of rotatable bonds is 16. The molecule has 0 saturated carbocycles. The summed E-state index contributed by atoms with van der Waals surface area (Å²) in [5, 5.41) is 17.5. The van der Waals surface area contributed by atoms with Crippen molar-refractivity contribution in [2.45, 2.75) is 77.2 Å². The molecule has 0 fully saturated rings. The summed E-state index contributed by atoms with van der Waals surface area (Å²) in [5.41, 5.74) is 0. The van der Waals surface area contributed by atoms with Gasteiger partial charge in [0, 0.05) is 29.6 Å². The number of aliphatic hydroxyl groups is 2. The number of aliphatic hydroxyl groups excluding tert-OH is 2. The summed E-state index contributed by atoms with van der Waals surface area (Å²) in [6.07, 6.45) is 10.4. The first-order valence-electron chi connectivity index (χ1n) is 8.34. The van der Waals surface area contributed by atoms with Gasteiger partial charge < -0.3 is 10.2 Å². The van der Waals surface area contributed by atoms with E-state index in [-0.39, 0.29) is 36.2 Å². The molecule has 0 rings (SSSR count). The van der Waals surface area contributed by atoms with E-state index >= 15 is 0 Å².